The molecule has 0 spiro atoms. The molecule has 21 heavy (non-hydrogen) atoms. The van der Waals surface area contributed by atoms with Crippen LogP contribution < -0.4 is 5.32 Å². The number of hydrogen-bond acceptors (Lipinski definition) is 2. The number of alkyl halides is 3. The van der Waals surface area contributed by atoms with E-state index in [9.17, 15) is 13.2 Å². The van der Waals surface area contributed by atoms with E-state index in [2.05, 4.69) is 27.3 Å². The van der Waals surface area contributed by atoms with Crippen LogP contribution in [0, 0.1) is 6.92 Å². The lowest BCUT2D eigenvalue weighted by molar-refractivity contribution is -0.137. The van der Waals surface area contributed by atoms with Gasteiger partial charge < -0.3 is 5.32 Å². The molecule has 0 radical (unpaired) electrons. The zero-order valence-corrected chi connectivity index (χ0v) is 14.0. The highest BCUT2D eigenvalue weighted by Gasteiger charge is 2.30. The molecule has 0 saturated heterocycles. The molecule has 1 unspecified atom stereocenters. The molecular formula is C15H15BrF3NS. The van der Waals surface area contributed by atoms with Crippen molar-refractivity contribution in [3.05, 3.63) is 55.7 Å². The maximum Gasteiger partial charge on any atom is 0.416 e. The minimum Gasteiger partial charge on any atom is -0.312 e. The van der Waals surface area contributed by atoms with E-state index in [1.807, 2.05) is 14.0 Å². The number of hydrogen-bond donors (Lipinski definition) is 1. The average molecular weight is 378 g/mol. The number of halogens is 4. The molecule has 2 rings (SSSR count). The minimum atomic E-state index is -4.28. The molecule has 0 amide bonds. The molecule has 0 fully saturated rings. The van der Waals surface area contributed by atoms with E-state index in [0.29, 0.717) is 6.42 Å². The van der Waals surface area contributed by atoms with Crippen molar-refractivity contribution in [1.29, 1.82) is 0 Å². The van der Waals surface area contributed by atoms with Crippen molar-refractivity contribution in [3.8, 4) is 0 Å². The Labute approximate surface area is 134 Å². The van der Waals surface area contributed by atoms with Crippen LogP contribution in [-0.4, -0.2) is 7.05 Å². The molecule has 1 aromatic carbocycles. The lowest BCUT2D eigenvalue weighted by Crippen LogP contribution is -2.17. The predicted octanol–water partition coefficient (Wildman–Crippen LogP) is 5.34. The number of thiophene rings is 1. The van der Waals surface area contributed by atoms with Crippen LogP contribution in [0.25, 0.3) is 0 Å². The van der Waals surface area contributed by atoms with Gasteiger partial charge in [-0.2, -0.15) is 13.2 Å². The molecular weight excluding hydrogens is 363 g/mol. The second-order valence-electron chi connectivity index (χ2n) is 4.85. The fourth-order valence-electron chi connectivity index (χ4n) is 2.07. The molecule has 0 bridgehead atoms. The Bertz CT molecular complexity index is 585. The lowest BCUT2D eigenvalue weighted by Gasteiger charge is -2.15. The van der Waals surface area contributed by atoms with Gasteiger partial charge in [0.2, 0.25) is 0 Å². The van der Waals surface area contributed by atoms with Crippen LogP contribution in [0.3, 0.4) is 0 Å². The van der Waals surface area contributed by atoms with Gasteiger partial charge in [-0.25, -0.2) is 0 Å². The highest BCUT2D eigenvalue weighted by atomic mass is 79.9. The molecule has 1 aromatic heterocycles. The third-order valence-corrected chi connectivity index (χ3v) is 5.54. The highest BCUT2D eigenvalue weighted by Crippen LogP contribution is 2.33. The number of aryl methyl sites for hydroxylation is 1. The van der Waals surface area contributed by atoms with Gasteiger partial charge in [0.1, 0.15) is 0 Å². The summed E-state index contributed by atoms with van der Waals surface area (Å²) in [7, 11) is 1.86. The predicted molar refractivity (Wildman–Crippen MR) is 83.7 cm³/mol. The second-order valence-corrected chi connectivity index (χ2v) is 7.25. The fourth-order valence-corrected chi connectivity index (χ4v) is 3.75. The Morgan fingerprint density at radius 3 is 2.29 bits per heavy atom. The Morgan fingerprint density at radius 2 is 1.86 bits per heavy atom. The summed E-state index contributed by atoms with van der Waals surface area (Å²) in [6, 6.07) is 7.55. The summed E-state index contributed by atoms with van der Waals surface area (Å²) in [6.45, 7) is 2.02. The van der Waals surface area contributed by atoms with Crippen LogP contribution >= 0.6 is 27.3 Å². The van der Waals surface area contributed by atoms with E-state index in [0.717, 1.165) is 21.5 Å². The van der Waals surface area contributed by atoms with Crippen molar-refractivity contribution in [2.75, 3.05) is 7.05 Å². The maximum atomic E-state index is 12.5. The van der Waals surface area contributed by atoms with Crippen molar-refractivity contribution in [3.63, 3.8) is 0 Å². The zero-order chi connectivity index (χ0) is 15.6. The third kappa shape index (κ3) is 4.08. The number of rotatable bonds is 4. The van der Waals surface area contributed by atoms with E-state index in [-0.39, 0.29) is 6.04 Å². The molecule has 1 N–H and O–H groups in total. The topological polar surface area (TPSA) is 12.0 Å². The molecule has 1 heterocycles. The first kappa shape index (κ1) is 16.5. The minimum absolute atomic E-state index is 0.0942. The summed E-state index contributed by atoms with van der Waals surface area (Å²) in [5.41, 5.74) is 1.44. The summed E-state index contributed by atoms with van der Waals surface area (Å²) in [4.78, 5) is 1.17. The van der Waals surface area contributed by atoms with Gasteiger partial charge in [-0.3, -0.25) is 0 Å². The summed E-state index contributed by atoms with van der Waals surface area (Å²) in [5.74, 6) is 0. The molecule has 0 aliphatic carbocycles. The summed E-state index contributed by atoms with van der Waals surface area (Å²) in [6.07, 6.45) is -3.63. The number of nitrogens with one attached hydrogen (secondary N) is 1. The van der Waals surface area contributed by atoms with Crippen LogP contribution in [0.5, 0.6) is 0 Å². The Hall–Kier alpha value is -0.850. The monoisotopic (exact) mass is 377 g/mol. The fraction of sp³-hybridized carbons (Fsp3) is 0.333. The molecule has 0 aliphatic heterocycles. The normalized spacial score (nSPS) is 13.4. The van der Waals surface area contributed by atoms with Gasteiger partial charge in [0, 0.05) is 10.9 Å². The summed E-state index contributed by atoms with van der Waals surface area (Å²) < 4.78 is 38.7. The molecule has 6 heteroatoms. The van der Waals surface area contributed by atoms with Crippen LogP contribution in [0.4, 0.5) is 13.2 Å². The van der Waals surface area contributed by atoms with Crippen molar-refractivity contribution in [2.45, 2.75) is 25.6 Å². The third-order valence-electron chi connectivity index (χ3n) is 3.29. The van der Waals surface area contributed by atoms with Crippen LogP contribution in [0.15, 0.2) is 34.1 Å². The summed E-state index contributed by atoms with van der Waals surface area (Å²) in [5, 5.41) is 3.22. The first-order valence-corrected chi connectivity index (χ1v) is 8.01. The Balaban J connectivity index is 2.15. The first-order chi connectivity index (χ1) is 9.81. The van der Waals surface area contributed by atoms with Crippen molar-refractivity contribution >= 4 is 27.3 Å². The van der Waals surface area contributed by atoms with Gasteiger partial charge in [-0.1, -0.05) is 12.1 Å². The van der Waals surface area contributed by atoms with E-state index in [4.69, 9.17) is 0 Å². The number of likely N-dealkylation sites (N-methyl/N-ethyl adjacent to an activating group) is 1. The standard InChI is InChI=1S/C15H15BrF3NS/c1-9-7-13(21-14(9)16)12(20-2)8-10-3-5-11(6-4-10)15(17,18)19/h3-7,12,20H,8H2,1-2H3. The van der Waals surface area contributed by atoms with E-state index in [1.54, 1.807) is 23.5 Å². The van der Waals surface area contributed by atoms with Gasteiger partial charge in [-0.15, -0.1) is 11.3 Å². The van der Waals surface area contributed by atoms with Crippen LogP contribution in [0.1, 0.15) is 27.6 Å². The highest BCUT2D eigenvalue weighted by molar-refractivity contribution is 9.11. The second kappa shape index (κ2) is 6.50. The smallest absolute Gasteiger partial charge is 0.312 e. The van der Waals surface area contributed by atoms with Crippen molar-refractivity contribution in [1.82, 2.24) is 5.32 Å². The largest absolute Gasteiger partial charge is 0.416 e. The number of benzene rings is 1. The molecule has 0 saturated carbocycles. The van der Waals surface area contributed by atoms with Gasteiger partial charge in [0.15, 0.2) is 0 Å². The molecule has 1 atom stereocenters. The molecule has 2 aromatic rings. The Morgan fingerprint density at radius 1 is 1.24 bits per heavy atom. The van der Waals surface area contributed by atoms with Gasteiger partial charge in [0.25, 0.3) is 0 Å². The van der Waals surface area contributed by atoms with Gasteiger partial charge >= 0.3 is 6.18 Å². The van der Waals surface area contributed by atoms with Crippen molar-refractivity contribution < 1.29 is 13.2 Å². The molecule has 0 aliphatic rings. The van der Waals surface area contributed by atoms with Crippen LogP contribution in [-0.2, 0) is 12.6 Å². The SMILES string of the molecule is CNC(Cc1ccc(C(F)(F)F)cc1)c1cc(C)c(Br)s1. The Kier molecular flexibility index (Phi) is 5.11. The quantitative estimate of drug-likeness (QED) is 0.757. The first-order valence-electron chi connectivity index (χ1n) is 6.40. The van der Waals surface area contributed by atoms with E-state index < -0.39 is 11.7 Å². The molecule has 114 valence electrons. The lowest BCUT2D eigenvalue weighted by atomic mass is 10.0. The molecule has 1 nitrogen and oxygen atoms in total. The van der Waals surface area contributed by atoms with Gasteiger partial charge in [-0.05, 0) is 65.6 Å². The van der Waals surface area contributed by atoms with Crippen molar-refractivity contribution in [2.24, 2.45) is 0 Å². The van der Waals surface area contributed by atoms with E-state index in [1.165, 1.54) is 10.4 Å². The summed E-state index contributed by atoms with van der Waals surface area (Å²) >= 11 is 5.14. The average Bonchev–Trinajstić information content (AvgIpc) is 2.75. The van der Waals surface area contributed by atoms with Crippen LogP contribution in [0.2, 0.25) is 0 Å². The van der Waals surface area contributed by atoms with E-state index >= 15 is 0 Å². The van der Waals surface area contributed by atoms with Gasteiger partial charge in [0.05, 0.1) is 9.35 Å². The zero-order valence-electron chi connectivity index (χ0n) is 11.6. The maximum absolute atomic E-state index is 12.5.